The molecule has 0 aromatic heterocycles. The molecule has 0 aromatic carbocycles. The largest absolute Gasteiger partial charge is 0.462 e. The second kappa shape index (κ2) is 44.9. The lowest BCUT2D eigenvalue weighted by Gasteiger charge is -2.18. The third-order valence-electron chi connectivity index (χ3n) is 10.8. The van der Waals surface area contributed by atoms with Crippen LogP contribution in [0.15, 0.2) is 12.2 Å². The highest BCUT2D eigenvalue weighted by molar-refractivity contribution is 5.71. The first-order valence-electron chi connectivity index (χ1n) is 24.2. The lowest BCUT2D eigenvalue weighted by atomic mass is 10.0. The van der Waals surface area contributed by atoms with Crippen LogP contribution in [0.25, 0.3) is 0 Å². The van der Waals surface area contributed by atoms with Gasteiger partial charge in [-0.25, -0.2) is 0 Å². The molecule has 0 aromatic rings. The second-order valence-corrected chi connectivity index (χ2v) is 16.4. The molecule has 0 heterocycles. The maximum absolute atomic E-state index is 12.7. The number of ether oxygens (including phenoxy) is 3. The van der Waals surface area contributed by atoms with Crippen LogP contribution in [0, 0.1) is 0 Å². The summed E-state index contributed by atoms with van der Waals surface area (Å²) >= 11 is 0. The van der Waals surface area contributed by atoms with E-state index in [-0.39, 0.29) is 31.1 Å². The molecule has 0 radical (unpaired) electrons. The van der Waals surface area contributed by atoms with Crippen LogP contribution in [-0.2, 0) is 28.6 Å². The summed E-state index contributed by atoms with van der Waals surface area (Å²) in [6.45, 7) is 6.62. The van der Waals surface area contributed by atoms with Gasteiger partial charge in [0.2, 0.25) is 0 Å². The summed E-state index contributed by atoms with van der Waals surface area (Å²) in [6, 6.07) is 0. The minimum Gasteiger partial charge on any atom is -0.462 e. The standard InChI is InChI=1S/C49H92O6/c1-4-7-10-13-16-19-22-24-25-28-30-33-36-39-42-48(51)54-45-46(44-53-47(50)41-38-35-32-29-26-21-18-15-12-9-6-3)55-49(52)43-40-37-34-31-27-23-20-17-14-11-8-5-2/h17,20,46H,4-16,18-19,21-45H2,1-3H3/b20-17-. The summed E-state index contributed by atoms with van der Waals surface area (Å²) in [4.78, 5) is 37.8. The molecule has 0 fully saturated rings. The highest BCUT2D eigenvalue weighted by Crippen LogP contribution is 2.16. The first kappa shape index (κ1) is 53.1. The topological polar surface area (TPSA) is 78.9 Å². The smallest absolute Gasteiger partial charge is 0.306 e. The average molecular weight is 777 g/mol. The van der Waals surface area contributed by atoms with Gasteiger partial charge in [0.15, 0.2) is 6.10 Å². The van der Waals surface area contributed by atoms with Crippen molar-refractivity contribution in [1.29, 1.82) is 0 Å². The van der Waals surface area contributed by atoms with Gasteiger partial charge in [0.05, 0.1) is 0 Å². The number of rotatable bonds is 44. The van der Waals surface area contributed by atoms with Crippen molar-refractivity contribution in [3.05, 3.63) is 12.2 Å². The van der Waals surface area contributed by atoms with Gasteiger partial charge in [-0.3, -0.25) is 14.4 Å². The quantitative estimate of drug-likeness (QED) is 0.0265. The molecule has 324 valence electrons. The van der Waals surface area contributed by atoms with Crippen molar-refractivity contribution in [1.82, 2.24) is 0 Å². The first-order chi connectivity index (χ1) is 27.0. The minimum absolute atomic E-state index is 0.0686. The Balaban J connectivity index is 4.33. The van der Waals surface area contributed by atoms with E-state index in [1.165, 1.54) is 161 Å². The van der Waals surface area contributed by atoms with Crippen LogP contribution < -0.4 is 0 Å². The van der Waals surface area contributed by atoms with Gasteiger partial charge in [-0.1, -0.05) is 213 Å². The van der Waals surface area contributed by atoms with E-state index in [0.717, 1.165) is 64.2 Å². The fourth-order valence-corrected chi connectivity index (χ4v) is 7.08. The molecule has 1 atom stereocenters. The molecule has 0 aliphatic carbocycles. The lowest BCUT2D eigenvalue weighted by molar-refractivity contribution is -0.167. The van der Waals surface area contributed by atoms with Gasteiger partial charge in [-0.2, -0.15) is 0 Å². The number of allylic oxidation sites excluding steroid dienone is 2. The van der Waals surface area contributed by atoms with Crippen LogP contribution in [0.4, 0.5) is 0 Å². The zero-order valence-electron chi connectivity index (χ0n) is 37.0. The van der Waals surface area contributed by atoms with Crippen LogP contribution in [0.2, 0.25) is 0 Å². The first-order valence-corrected chi connectivity index (χ1v) is 24.2. The highest BCUT2D eigenvalue weighted by Gasteiger charge is 2.19. The molecule has 6 nitrogen and oxygen atoms in total. The third-order valence-corrected chi connectivity index (χ3v) is 10.8. The molecule has 0 spiro atoms. The Kier molecular flexibility index (Phi) is 43.4. The molecule has 0 N–H and O–H groups in total. The zero-order chi connectivity index (χ0) is 40.1. The highest BCUT2D eigenvalue weighted by atomic mass is 16.6. The van der Waals surface area contributed by atoms with Gasteiger partial charge < -0.3 is 14.2 Å². The predicted molar refractivity (Wildman–Crippen MR) is 233 cm³/mol. The van der Waals surface area contributed by atoms with Crippen molar-refractivity contribution in [2.45, 2.75) is 271 Å². The van der Waals surface area contributed by atoms with E-state index in [0.29, 0.717) is 19.3 Å². The van der Waals surface area contributed by atoms with E-state index in [2.05, 4.69) is 32.9 Å². The normalized spacial score (nSPS) is 12.0. The van der Waals surface area contributed by atoms with E-state index in [1.54, 1.807) is 0 Å². The molecule has 0 saturated heterocycles. The SMILES string of the molecule is CCCCC/C=C\CCCCCCCC(=O)OC(COC(=O)CCCCCCCCCCCCC)COC(=O)CCCCCCCCCCCCCCCC. The van der Waals surface area contributed by atoms with Crippen LogP contribution in [0.3, 0.4) is 0 Å². The molecule has 0 rings (SSSR count). The monoisotopic (exact) mass is 777 g/mol. The summed E-state index contributed by atoms with van der Waals surface area (Å²) in [5, 5.41) is 0. The van der Waals surface area contributed by atoms with Gasteiger partial charge in [-0.15, -0.1) is 0 Å². The van der Waals surface area contributed by atoms with Gasteiger partial charge in [0.1, 0.15) is 13.2 Å². The summed E-state index contributed by atoms with van der Waals surface area (Å²) < 4.78 is 16.7. The number of hydrogen-bond donors (Lipinski definition) is 0. The Morgan fingerprint density at radius 2 is 0.600 bits per heavy atom. The molecule has 0 aliphatic rings. The molecule has 6 heteroatoms. The van der Waals surface area contributed by atoms with Crippen LogP contribution in [0.5, 0.6) is 0 Å². The molecule has 0 amide bonds. The fourth-order valence-electron chi connectivity index (χ4n) is 7.08. The molecule has 0 bridgehead atoms. The van der Waals surface area contributed by atoms with Gasteiger partial charge >= 0.3 is 17.9 Å². The van der Waals surface area contributed by atoms with E-state index in [1.807, 2.05) is 0 Å². The molecule has 0 saturated carbocycles. The van der Waals surface area contributed by atoms with Crippen molar-refractivity contribution < 1.29 is 28.6 Å². The Morgan fingerprint density at radius 3 is 0.945 bits per heavy atom. The second-order valence-electron chi connectivity index (χ2n) is 16.4. The number of hydrogen-bond acceptors (Lipinski definition) is 6. The molecule has 55 heavy (non-hydrogen) atoms. The Labute approximate surface area is 341 Å². The maximum atomic E-state index is 12.7. The van der Waals surface area contributed by atoms with Crippen molar-refractivity contribution in [3.63, 3.8) is 0 Å². The zero-order valence-corrected chi connectivity index (χ0v) is 37.0. The summed E-state index contributed by atoms with van der Waals surface area (Å²) in [5.41, 5.74) is 0. The van der Waals surface area contributed by atoms with Crippen LogP contribution in [-0.4, -0.2) is 37.2 Å². The molecular formula is C49H92O6. The summed E-state index contributed by atoms with van der Waals surface area (Å²) in [6.07, 6.45) is 47.6. The number of carbonyl (C=O) groups is 3. The van der Waals surface area contributed by atoms with E-state index >= 15 is 0 Å². The lowest BCUT2D eigenvalue weighted by Crippen LogP contribution is -2.30. The Hall–Kier alpha value is -1.85. The van der Waals surface area contributed by atoms with Gasteiger partial charge in [-0.05, 0) is 44.9 Å². The van der Waals surface area contributed by atoms with E-state index < -0.39 is 6.10 Å². The minimum atomic E-state index is -0.766. The maximum Gasteiger partial charge on any atom is 0.306 e. The third kappa shape index (κ3) is 43.1. The number of esters is 3. The molecular weight excluding hydrogens is 685 g/mol. The fraction of sp³-hybridized carbons (Fsp3) is 0.898. The number of carbonyl (C=O) groups excluding carboxylic acids is 3. The van der Waals surface area contributed by atoms with Crippen molar-refractivity contribution >= 4 is 17.9 Å². The Bertz CT molecular complexity index is 854. The molecule has 0 aliphatic heterocycles. The van der Waals surface area contributed by atoms with Crippen LogP contribution >= 0.6 is 0 Å². The van der Waals surface area contributed by atoms with E-state index in [4.69, 9.17) is 14.2 Å². The van der Waals surface area contributed by atoms with Crippen molar-refractivity contribution in [3.8, 4) is 0 Å². The van der Waals surface area contributed by atoms with Crippen molar-refractivity contribution in [2.75, 3.05) is 13.2 Å². The van der Waals surface area contributed by atoms with Crippen LogP contribution in [0.1, 0.15) is 265 Å². The number of unbranched alkanes of at least 4 members (excludes halogenated alkanes) is 31. The Morgan fingerprint density at radius 1 is 0.345 bits per heavy atom. The molecule has 1 unspecified atom stereocenters. The van der Waals surface area contributed by atoms with Gasteiger partial charge in [0, 0.05) is 19.3 Å². The summed E-state index contributed by atoms with van der Waals surface area (Å²) in [5.74, 6) is -0.867. The average Bonchev–Trinajstić information content (AvgIpc) is 3.18. The van der Waals surface area contributed by atoms with Crippen molar-refractivity contribution in [2.24, 2.45) is 0 Å². The summed E-state index contributed by atoms with van der Waals surface area (Å²) in [7, 11) is 0. The van der Waals surface area contributed by atoms with E-state index in [9.17, 15) is 14.4 Å². The predicted octanol–water partition coefficient (Wildman–Crippen LogP) is 15.4. The van der Waals surface area contributed by atoms with Gasteiger partial charge in [0.25, 0.3) is 0 Å².